The first-order valence-electron chi connectivity index (χ1n) is 9.47. The molecule has 0 aliphatic rings. The van der Waals surface area contributed by atoms with Crippen molar-refractivity contribution < 1.29 is 9.90 Å². The van der Waals surface area contributed by atoms with Crippen LogP contribution < -0.4 is 5.56 Å². The number of aromatic hydroxyl groups is 1. The molecule has 0 unspecified atom stereocenters. The lowest BCUT2D eigenvalue weighted by Gasteiger charge is -2.08. The normalized spacial score (nSPS) is 11.1. The third kappa shape index (κ3) is 3.45. The summed E-state index contributed by atoms with van der Waals surface area (Å²) in [6.45, 7) is 4.36. The largest absolute Gasteiger partial charge is 0.508 e. The topological polar surface area (TPSA) is 76.6 Å². The molecule has 2 heterocycles. The van der Waals surface area contributed by atoms with Crippen LogP contribution in [0, 0.1) is 6.92 Å². The summed E-state index contributed by atoms with van der Waals surface area (Å²) in [5, 5.41) is 9.37. The predicted molar refractivity (Wildman–Crippen MR) is 111 cm³/mol. The smallest absolute Gasteiger partial charge is 0.262 e. The number of ketones is 1. The van der Waals surface area contributed by atoms with E-state index in [-0.39, 0.29) is 17.1 Å². The van der Waals surface area contributed by atoms with E-state index in [0.717, 1.165) is 16.8 Å². The molecule has 0 saturated carbocycles. The average molecular weight is 387 g/mol. The summed E-state index contributed by atoms with van der Waals surface area (Å²) < 4.78 is 3.50. The van der Waals surface area contributed by atoms with Crippen molar-refractivity contribution in [3.63, 3.8) is 0 Å². The molecule has 29 heavy (non-hydrogen) atoms. The highest BCUT2D eigenvalue weighted by molar-refractivity contribution is 6.09. The van der Waals surface area contributed by atoms with Gasteiger partial charge in [0, 0.05) is 34.8 Å². The van der Waals surface area contributed by atoms with Crippen LogP contribution in [0.4, 0.5) is 0 Å². The van der Waals surface area contributed by atoms with E-state index < -0.39 is 0 Å². The van der Waals surface area contributed by atoms with Gasteiger partial charge in [-0.25, -0.2) is 4.98 Å². The average Bonchev–Trinajstić information content (AvgIpc) is 3.11. The minimum atomic E-state index is -0.0982. The molecule has 0 amide bonds. The van der Waals surface area contributed by atoms with Crippen molar-refractivity contribution in [2.75, 3.05) is 0 Å². The molecule has 0 spiro atoms. The van der Waals surface area contributed by atoms with Gasteiger partial charge in [-0.1, -0.05) is 31.2 Å². The summed E-state index contributed by atoms with van der Waals surface area (Å²) in [7, 11) is 0. The van der Waals surface area contributed by atoms with Crippen molar-refractivity contribution in [3.05, 3.63) is 99.2 Å². The van der Waals surface area contributed by atoms with E-state index in [1.54, 1.807) is 34.9 Å². The number of phenols is 1. The summed E-state index contributed by atoms with van der Waals surface area (Å²) in [6.07, 6.45) is 4.24. The third-order valence-electron chi connectivity index (χ3n) is 5.10. The molecule has 1 N–H and O–H groups in total. The zero-order valence-electron chi connectivity index (χ0n) is 16.3. The number of carbonyl (C=O) groups is 1. The number of imidazole rings is 1. The lowest BCUT2D eigenvalue weighted by Crippen LogP contribution is -2.20. The zero-order valence-corrected chi connectivity index (χ0v) is 16.3. The SMILES string of the molecule is CCc1c(C)nc2n(Cc3ccc(C(=O)c4ccc(O)cc4)cc3)ccn2c1=O. The van der Waals surface area contributed by atoms with Crippen LogP contribution in [0.5, 0.6) is 5.75 Å². The second-order valence-corrected chi connectivity index (χ2v) is 7.00. The van der Waals surface area contributed by atoms with Gasteiger partial charge in [-0.3, -0.25) is 14.0 Å². The Morgan fingerprint density at radius 1 is 1.00 bits per heavy atom. The summed E-state index contributed by atoms with van der Waals surface area (Å²) in [6, 6.07) is 13.6. The van der Waals surface area contributed by atoms with Crippen molar-refractivity contribution in [1.29, 1.82) is 0 Å². The molecule has 0 atom stereocenters. The first kappa shape index (κ1) is 18.7. The number of hydrogen-bond donors (Lipinski definition) is 1. The summed E-state index contributed by atoms with van der Waals surface area (Å²) in [5.74, 6) is 0.637. The Kier molecular flexibility index (Phi) is 4.76. The Balaban J connectivity index is 1.60. The second kappa shape index (κ2) is 7.39. The maximum absolute atomic E-state index is 12.6. The fourth-order valence-electron chi connectivity index (χ4n) is 3.48. The van der Waals surface area contributed by atoms with E-state index in [4.69, 9.17) is 0 Å². The highest BCUT2D eigenvalue weighted by atomic mass is 16.3. The first-order valence-corrected chi connectivity index (χ1v) is 9.47. The van der Waals surface area contributed by atoms with Crippen molar-refractivity contribution in [3.8, 4) is 5.75 Å². The maximum Gasteiger partial charge on any atom is 0.262 e. The van der Waals surface area contributed by atoms with E-state index in [1.165, 1.54) is 12.1 Å². The van der Waals surface area contributed by atoms with Gasteiger partial charge < -0.3 is 9.67 Å². The first-order chi connectivity index (χ1) is 14.0. The fraction of sp³-hybridized carbons (Fsp3) is 0.174. The van der Waals surface area contributed by atoms with Crippen LogP contribution in [0.25, 0.3) is 5.78 Å². The lowest BCUT2D eigenvalue weighted by molar-refractivity contribution is 0.103. The standard InChI is InChI=1S/C23H21N3O3/c1-3-20-15(2)24-23-25(12-13-26(23)22(20)29)14-16-4-6-17(7-5-16)21(28)18-8-10-19(27)11-9-18/h4-13,27H,3,14H2,1-2H3. The minimum absolute atomic E-state index is 0.0245. The Bertz CT molecular complexity index is 1250. The number of rotatable bonds is 5. The molecular weight excluding hydrogens is 366 g/mol. The Morgan fingerprint density at radius 2 is 1.62 bits per heavy atom. The summed E-state index contributed by atoms with van der Waals surface area (Å²) in [5.41, 5.74) is 3.57. The number of carbonyl (C=O) groups excluding carboxylic acids is 1. The Hall–Kier alpha value is -3.67. The molecule has 2 aromatic heterocycles. The number of hydrogen-bond acceptors (Lipinski definition) is 4. The van der Waals surface area contributed by atoms with Crippen molar-refractivity contribution in [2.45, 2.75) is 26.8 Å². The minimum Gasteiger partial charge on any atom is -0.508 e. The van der Waals surface area contributed by atoms with E-state index in [9.17, 15) is 14.7 Å². The van der Waals surface area contributed by atoms with Crippen LogP contribution in [0.2, 0.25) is 0 Å². The molecule has 0 aliphatic carbocycles. The Labute approximate surface area is 167 Å². The molecule has 0 radical (unpaired) electrons. The van der Waals surface area contributed by atoms with Crippen molar-refractivity contribution in [2.24, 2.45) is 0 Å². The highest BCUT2D eigenvalue weighted by Crippen LogP contribution is 2.16. The van der Waals surface area contributed by atoms with E-state index >= 15 is 0 Å². The zero-order chi connectivity index (χ0) is 20.5. The number of benzene rings is 2. The van der Waals surface area contributed by atoms with E-state index in [2.05, 4.69) is 4.98 Å². The highest BCUT2D eigenvalue weighted by Gasteiger charge is 2.12. The van der Waals surface area contributed by atoms with Gasteiger partial charge in [0.25, 0.3) is 5.56 Å². The van der Waals surface area contributed by atoms with E-state index in [1.807, 2.05) is 36.7 Å². The van der Waals surface area contributed by atoms with Crippen LogP contribution in [0.1, 0.15) is 39.7 Å². The molecular formula is C23H21N3O3. The third-order valence-corrected chi connectivity index (χ3v) is 5.10. The number of nitrogens with zero attached hydrogens (tertiary/aromatic N) is 3. The molecule has 2 aromatic carbocycles. The van der Waals surface area contributed by atoms with Crippen LogP contribution in [-0.2, 0) is 13.0 Å². The molecule has 4 aromatic rings. The van der Waals surface area contributed by atoms with Gasteiger partial charge in [0.1, 0.15) is 5.75 Å². The Morgan fingerprint density at radius 3 is 2.24 bits per heavy atom. The molecule has 4 rings (SSSR count). The van der Waals surface area contributed by atoms with Gasteiger partial charge in [0.05, 0.1) is 6.54 Å². The van der Waals surface area contributed by atoms with Gasteiger partial charge >= 0.3 is 0 Å². The molecule has 0 bridgehead atoms. The number of aryl methyl sites for hydroxylation is 1. The van der Waals surface area contributed by atoms with Crippen molar-refractivity contribution in [1.82, 2.24) is 14.0 Å². The second-order valence-electron chi connectivity index (χ2n) is 7.00. The molecule has 6 nitrogen and oxygen atoms in total. The van der Waals surface area contributed by atoms with Crippen LogP contribution in [-0.4, -0.2) is 24.8 Å². The number of aromatic nitrogens is 3. The monoisotopic (exact) mass is 387 g/mol. The molecule has 6 heteroatoms. The maximum atomic E-state index is 12.6. The van der Waals surface area contributed by atoms with Gasteiger partial charge in [-0.2, -0.15) is 0 Å². The molecule has 0 fully saturated rings. The van der Waals surface area contributed by atoms with Crippen molar-refractivity contribution >= 4 is 11.6 Å². The van der Waals surface area contributed by atoms with Gasteiger partial charge in [0.15, 0.2) is 5.78 Å². The fourth-order valence-corrected chi connectivity index (χ4v) is 3.48. The molecule has 0 saturated heterocycles. The predicted octanol–water partition coefficient (Wildman–Crippen LogP) is 3.35. The van der Waals surface area contributed by atoms with Crippen LogP contribution in [0.15, 0.2) is 65.7 Å². The quantitative estimate of drug-likeness (QED) is 0.533. The van der Waals surface area contributed by atoms with Gasteiger partial charge in [-0.15, -0.1) is 0 Å². The van der Waals surface area contributed by atoms with Gasteiger partial charge in [-0.05, 0) is 43.2 Å². The molecule has 0 aliphatic heterocycles. The summed E-state index contributed by atoms with van der Waals surface area (Å²) in [4.78, 5) is 29.7. The number of phenolic OH excluding ortho intramolecular Hbond substituents is 1. The summed E-state index contributed by atoms with van der Waals surface area (Å²) >= 11 is 0. The van der Waals surface area contributed by atoms with Crippen LogP contribution >= 0.6 is 0 Å². The molecule has 146 valence electrons. The number of fused-ring (bicyclic) bond motifs is 1. The van der Waals surface area contributed by atoms with Crippen LogP contribution in [0.3, 0.4) is 0 Å². The van der Waals surface area contributed by atoms with E-state index in [0.29, 0.717) is 29.9 Å². The van der Waals surface area contributed by atoms with Gasteiger partial charge in [0.2, 0.25) is 5.78 Å². The lowest BCUT2D eigenvalue weighted by atomic mass is 10.0.